The smallest absolute Gasteiger partial charge is 0.238 e. The number of ether oxygens (including phenoxy) is 1. The first-order chi connectivity index (χ1) is 12.6. The number of pyridine rings is 1. The molecule has 1 aromatic heterocycles. The van der Waals surface area contributed by atoms with Crippen molar-refractivity contribution in [2.45, 2.75) is 40.2 Å². The molecule has 0 atom stereocenters. The summed E-state index contributed by atoms with van der Waals surface area (Å²) in [6, 6.07) is 5.27. The molecule has 2 N–H and O–H groups in total. The van der Waals surface area contributed by atoms with E-state index in [0.29, 0.717) is 21.8 Å². The van der Waals surface area contributed by atoms with Crippen molar-refractivity contribution < 1.29 is 4.74 Å². The summed E-state index contributed by atoms with van der Waals surface area (Å²) in [7, 11) is 0. The molecule has 0 aliphatic carbocycles. The maximum Gasteiger partial charge on any atom is 0.238 e. The molecule has 0 fully saturated rings. The summed E-state index contributed by atoms with van der Waals surface area (Å²) in [4.78, 5) is 8.59. The fraction of sp³-hybridized carbons (Fsp3) is 0.316. The Labute approximate surface area is 169 Å². The third kappa shape index (κ3) is 6.02. The van der Waals surface area contributed by atoms with Crippen LogP contribution in [0.3, 0.4) is 0 Å². The van der Waals surface area contributed by atoms with Gasteiger partial charge in [-0.2, -0.15) is 5.26 Å². The monoisotopic (exact) mass is 405 g/mol. The van der Waals surface area contributed by atoms with Gasteiger partial charge in [-0.05, 0) is 63.9 Å². The molecule has 1 heterocycles. The van der Waals surface area contributed by atoms with Gasteiger partial charge in [0.1, 0.15) is 10.8 Å². The zero-order valence-electron chi connectivity index (χ0n) is 15.8. The van der Waals surface area contributed by atoms with E-state index in [1.165, 1.54) is 6.20 Å². The van der Waals surface area contributed by atoms with Crippen molar-refractivity contribution >= 4 is 34.8 Å². The highest BCUT2D eigenvalue weighted by molar-refractivity contribution is 6.35. The number of halogens is 2. The van der Waals surface area contributed by atoms with Crippen molar-refractivity contribution in [1.29, 1.82) is 5.26 Å². The van der Waals surface area contributed by atoms with Gasteiger partial charge in [-0.1, -0.05) is 23.2 Å². The van der Waals surface area contributed by atoms with Gasteiger partial charge in [-0.3, -0.25) is 5.32 Å². The summed E-state index contributed by atoms with van der Waals surface area (Å²) in [6.45, 7) is 9.72. The van der Waals surface area contributed by atoms with Gasteiger partial charge in [0, 0.05) is 11.9 Å². The van der Waals surface area contributed by atoms with Gasteiger partial charge >= 0.3 is 0 Å². The van der Waals surface area contributed by atoms with Crippen LogP contribution in [-0.2, 0) is 0 Å². The number of aliphatic imine (C=N–C) groups is 1. The second kappa shape index (κ2) is 8.47. The topological polar surface area (TPSA) is 82.3 Å². The number of aromatic nitrogens is 1. The summed E-state index contributed by atoms with van der Waals surface area (Å²) in [6.07, 6.45) is 3.38. The van der Waals surface area contributed by atoms with Crippen molar-refractivity contribution in [3.63, 3.8) is 0 Å². The third-order valence-electron chi connectivity index (χ3n) is 3.36. The third-order valence-corrected chi connectivity index (χ3v) is 3.84. The first-order valence-corrected chi connectivity index (χ1v) is 8.97. The number of rotatable bonds is 3. The first-order valence-electron chi connectivity index (χ1n) is 8.21. The van der Waals surface area contributed by atoms with Gasteiger partial charge in [0.05, 0.1) is 10.6 Å². The maximum atomic E-state index is 8.97. The Morgan fingerprint density at radius 2 is 1.81 bits per heavy atom. The SMILES string of the molecule is Cc1cc(Oc2ncc(Cl)cc2Cl)cc(C)c1NC(=NC(C)(C)C)NC#N. The van der Waals surface area contributed by atoms with Crippen LogP contribution in [0.25, 0.3) is 0 Å². The van der Waals surface area contributed by atoms with Crippen molar-refractivity contribution in [2.75, 3.05) is 5.32 Å². The molecule has 27 heavy (non-hydrogen) atoms. The van der Waals surface area contributed by atoms with E-state index in [1.807, 2.05) is 52.9 Å². The number of nitrogens with zero attached hydrogens (tertiary/aromatic N) is 3. The van der Waals surface area contributed by atoms with Gasteiger partial charge in [0.2, 0.25) is 11.8 Å². The van der Waals surface area contributed by atoms with Gasteiger partial charge in [0.25, 0.3) is 0 Å². The molecular formula is C19H21Cl2N5O. The number of anilines is 1. The lowest BCUT2D eigenvalue weighted by molar-refractivity contribution is 0.462. The summed E-state index contributed by atoms with van der Waals surface area (Å²) < 4.78 is 5.79. The number of hydrogen-bond donors (Lipinski definition) is 2. The second-order valence-corrected chi connectivity index (χ2v) is 7.81. The highest BCUT2D eigenvalue weighted by Gasteiger charge is 2.14. The van der Waals surface area contributed by atoms with Crippen LogP contribution in [-0.4, -0.2) is 16.5 Å². The summed E-state index contributed by atoms with van der Waals surface area (Å²) in [5, 5.41) is 15.5. The van der Waals surface area contributed by atoms with E-state index in [2.05, 4.69) is 20.6 Å². The normalized spacial score (nSPS) is 11.7. The van der Waals surface area contributed by atoms with Crippen molar-refractivity contribution in [3.05, 3.63) is 45.6 Å². The molecule has 0 unspecified atom stereocenters. The Morgan fingerprint density at radius 3 is 2.33 bits per heavy atom. The first kappa shape index (κ1) is 20.8. The van der Waals surface area contributed by atoms with Crippen LogP contribution in [0.15, 0.2) is 29.4 Å². The van der Waals surface area contributed by atoms with Crippen molar-refractivity contribution in [1.82, 2.24) is 10.3 Å². The summed E-state index contributed by atoms with van der Waals surface area (Å²) >= 11 is 12.0. The minimum atomic E-state index is -0.339. The van der Waals surface area contributed by atoms with Crippen LogP contribution < -0.4 is 15.4 Å². The van der Waals surface area contributed by atoms with Crippen LogP contribution in [0.1, 0.15) is 31.9 Å². The zero-order chi connectivity index (χ0) is 20.2. The Hall–Kier alpha value is -2.49. The van der Waals surface area contributed by atoms with Gasteiger partial charge in [0.15, 0.2) is 6.19 Å². The highest BCUT2D eigenvalue weighted by atomic mass is 35.5. The van der Waals surface area contributed by atoms with E-state index < -0.39 is 0 Å². The molecule has 0 spiro atoms. The van der Waals surface area contributed by atoms with Crippen molar-refractivity contribution in [2.24, 2.45) is 4.99 Å². The molecule has 0 aliphatic heterocycles. The zero-order valence-corrected chi connectivity index (χ0v) is 17.3. The number of guanidine groups is 1. The molecule has 2 aromatic rings. The number of aryl methyl sites for hydroxylation is 2. The van der Waals surface area contributed by atoms with Crippen LogP contribution in [0.4, 0.5) is 5.69 Å². The molecule has 0 radical (unpaired) electrons. The van der Waals surface area contributed by atoms with Crippen LogP contribution in [0.2, 0.25) is 10.0 Å². The molecule has 0 amide bonds. The van der Waals surface area contributed by atoms with E-state index in [4.69, 9.17) is 33.2 Å². The van der Waals surface area contributed by atoms with Gasteiger partial charge in [-0.15, -0.1) is 0 Å². The number of hydrogen-bond acceptors (Lipinski definition) is 4. The molecule has 0 saturated heterocycles. The Bertz CT molecular complexity index is 890. The van der Waals surface area contributed by atoms with E-state index >= 15 is 0 Å². The Kier molecular flexibility index (Phi) is 6.53. The second-order valence-electron chi connectivity index (χ2n) is 6.97. The summed E-state index contributed by atoms with van der Waals surface area (Å²) in [5.74, 6) is 1.25. The Balaban J connectivity index is 2.31. The highest BCUT2D eigenvalue weighted by Crippen LogP contribution is 2.32. The molecule has 8 heteroatoms. The lowest BCUT2D eigenvalue weighted by Crippen LogP contribution is -2.31. The molecule has 0 bridgehead atoms. The standard InChI is InChI=1S/C19H21Cl2N5O/c1-11-6-14(27-17-15(21)8-13(20)9-23-17)7-12(2)16(11)25-18(24-10-22)26-19(3,4)5/h6-9H,1-5H3,(H2,24,25,26). The van der Waals surface area contributed by atoms with Gasteiger partial charge < -0.3 is 10.1 Å². The summed E-state index contributed by atoms with van der Waals surface area (Å²) in [5.41, 5.74) is 2.32. The quantitative estimate of drug-likeness (QED) is 0.307. The molecule has 0 aliphatic rings. The Morgan fingerprint density at radius 1 is 1.19 bits per heavy atom. The number of benzene rings is 1. The molecule has 6 nitrogen and oxygen atoms in total. The molecule has 0 saturated carbocycles. The van der Waals surface area contributed by atoms with E-state index in [0.717, 1.165) is 16.8 Å². The van der Waals surface area contributed by atoms with E-state index in [-0.39, 0.29) is 11.4 Å². The van der Waals surface area contributed by atoms with Crippen LogP contribution in [0.5, 0.6) is 11.6 Å². The number of nitriles is 1. The fourth-order valence-corrected chi connectivity index (χ4v) is 2.78. The minimum Gasteiger partial charge on any atom is -0.438 e. The largest absolute Gasteiger partial charge is 0.438 e. The van der Waals surface area contributed by atoms with Crippen LogP contribution >= 0.6 is 23.2 Å². The predicted octanol–water partition coefficient (Wildman–Crippen LogP) is 5.43. The average Bonchev–Trinajstić information content (AvgIpc) is 2.52. The molecular weight excluding hydrogens is 385 g/mol. The lowest BCUT2D eigenvalue weighted by Gasteiger charge is -2.19. The minimum absolute atomic E-state index is 0.279. The number of nitrogens with one attached hydrogen (secondary N) is 2. The molecule has 2 rings (SSSR count). The molecule has 142 valence electrons. The predicted molar refractivity (Wildman–Crippen MR) is 110 cm³/mol. The molecule has 1 aromatic carbocycles. The lowest BCUT2D eigenvalue weighted by atomic mass is 10.1. The van der Waals surface area contributed by atoms with Crippen molar-refractivity contribution in [3.8, 4) is 17.8 Å². The fourth-order valence-electron chi connectivity index (χ4n) is 2.36. The van der Waals surface area contributed by atoms with E-state index in [1.54, 1.807) is 6.07 Å². The van der Waals surface area contributed by atoms with Crippen LogP contribution in [0, 0.1) is 25.3 Å². The van der Waals surface area contributed by atoms with Gasteiger partial charge in [-0.25, -0.2) is 9.98 Å². The van der Waals surface area contributed by atoms with E-state index in [9.17, 15) is 0 Å². The average molecular weight is 406 g/mol. The maximum absolute atomic E-state index is 8.97.